The van der Waals surface area contributed by atoms with Crippen LogP contribution in [0.2, 0.25) is 0 Å². The zero-order chi connectivity index (χ0) is 24.5. The largest absolute Gasteiger partial charge is 0.368 e. The minimum atomic E-state index is -0.599. The van der Waals surface area contributed by atoms with Crippen LogP contribution in [0, 0.1) is 17.5 Å². The molecule has 2 heterocycles. The Morgan fingerprint density at radius 3 is 2.26 bits per heavy atom. The van der Waals surface area contributed by atoms with Crippen LogP contribution in [0.15, 0.2) is 60.7 Å². The Morgan fingerprint density at radius 1 is 0.771 bits per heavy atom. The number of amides is 2. The quantitative estimate of drug-likeness (QED) is 0.496. The number of nitrogens with zero attached hydrogens (tertiary/aromatic N) is 3. The Morgan fingerprint density at radius 2 is 1.51 bits per heavy atom. The molecule has 0 spiro atoms. The molecule has 1 saturated heterocycles. The average Bonchev–Trinajstić information content (AvgIpc) is 3.09. The predicted molar refractivity (Wildman–Crippen MR) is 126 cm³/mol. The Balaban J connectivity index is 1.27. The average molecular weight is 480 g/mol. The van der Waals surface area contributed by atoms with E-state index in [1.807, 2.05) is 6.07 Å². The fraction of sp³-hybridized carbons (Fsp3) is 0.259. The third-order valence-corrected chi connectivity index (χ3v) is 6.61. The number of halogens is 3. The lowest BCUT2D eigenvalue weighted by Crippen LogP contribution is -2.46. The first-order chi connectivity index (χ1) is 16.9. The zero-order valence-electron chi connectivity index (χ0n) is 19.0. The van der Waals surface area contributed by atoms with Crippen LogP contribution in [0.1, 0.15) is 31.8 Å². The van der Waals surface area contributed by atoms with Gasteiger partial charge in [-0.25, -0.2) is 13.2 Å². The second-order valence-corrected chi connectivity index (χ2v) is 8.84. The van der Waals surface area contributed by atoms with Crippen molar-refractivity contribution in [2.75, 3.05) is 37.6 Å². The molecule has 2 amide bonds. The standard InChI is InChI=1S/C27H24F3N3O2/c28-20-4-1-3-18(15-20)9-10-33-26(34)22-5-2-6-24(25(22)27(33)35)32-13-11-31(12-14-32)17-19-7-8-21(29)16-23(19)30/h1-8,15-16H,9-14,17H2. The number of hydrogen-bond acceptors (Lipinski definition) is 4. The zero-order valence-corrected chi connectivity index (χ0v) is 19.0. The van der Waals surface area contributed by atoms with Crippen molar-refractivity contribution in [3.05, 3.63) is 100 Å². The molecule has 0 atom stereocenters. The highest BCUT2D eigenvalue weighted by Gasteiger charge is 2.38. The van der Waals surface area contributed by atoms with Crippen LogP contribution in [-0.2, 0) is 13.0 Å². The van der Waals surface area contributed by atoms with Crippen LogP contribution in [0.3, 0.4) is 0 Å². The van der Waals surface area contributed by atoms with E-state index in [1.165, 1.54) is 29.2 Å². The smallest absolute Gasteiger partial charge is 0.263 e. The molecule has 0 N–H and O–H groups in total. The van der Waals surface area contributed by atoms with Gasteiger partial charge in [-0.3, -0.25) is 19.4 Å². The highest BCUT2D eigenvalue weighted by Crippen LogP contribution is 2.32. The molecule has 180 valence electrons. The lowest BCUT2D eigenvalue weighted by atomic mass is 10.1. The normalized spacial score (nSPS) is 16.2. The first-order valence-corrected chi connectivity index (χ1v) is 11.6. The van der Waals surface area contributed by atoms with Gasteiger partial charge in [0, 0.05) is 50.9 Å². The molecule has 0 saturated carbocycles. The molecule has 3 aromatic carbocycles. The van der Waals surface area contributed by atoms with E-state index in [-0.39, 0.29) is 24.2 Å². The summed E-state index contributed by atoms with van der Waals surface area (Å²) in [5.74, 6) is -2.19. The van der Waals surface area contributed by atoms with Crippen LogP contribution < -0.4 is 4.90 Å². The van der Waals surface area contributed by atoms with Gasteiger partial charge in [-0.1, -0.05) is 24.3 Å². The summed E-state index contributed by atoms with van der Waals surface area (Å²) in [6, 6.07) is 15.0. The monoisotopic (exact) mass is 479 g/mol. The van der Waals surface area contributed by atoms with E-state index in [9.17, 15) is 22.8 Å². The van der Waals surface area contributed by atoms with E-state index in [0.29, 0.717) is 61.5 Å². The molecule has 5 nitrogen and oxygen atoms in total. The fourth-order valence-corrected chi connectivity index (χ4v) is 4.75. The van der Waals surface area contributed by atoms with Gasteiger partial charge in [-0.05, 0) is 42.3 Å². The number of carbonyl (C=O) groups is 2. The second kappa shape index (κ2) is 9.54. The summed E-state index contributed by atoms with van der Waals surface area (Å²) in [4.78, 5) is 31.6. The van der Waals surface area contributed by atoms with E-state index in [0.717, 1.165) is 11.6 Å². The van der Waals surface area contributed by atoms with Crippen LogP contribution in [-0.4, -0.2) is 54.3 Å². The maximum Gasteiger partial charge on any atom is 0.263 e. The molecular weight excluding hydrogens is 455 g/mol. The molecule has 5 rings (SSSR count). The number of anilines is 1. The Kier molecular flexibility index (Phi) is 6.30. The molecule has 0 aromatic heterocycles. The summed E-state index contributed by atoms with van der Waals surface area (Å²) in [7, 11) is 0. The minimum Gasteiger partial charge on any atom is -0.368 e. The summed E-state index contributed by atoms with van der Waals surface area (Å²) in [5, 5.41) is 0. The van der Waals surface area contributed by atoms with E-state index in [1.54, 1.807) is 24.3 Å². The number of piperazine rings is 1. The number of imide groups is 1. The third kappa shape index (κ3) is 4.66. The van der Waals surface area contributed by atoms with Crippen LogP contribution >= 0.6 is 0 Å². The molecule has 0 aliphatic carbocycles. The molecule has 2 aliphatic rings. The number of fused-ring (bicyclic) bond motifs is 1. The maximum atomic E-state index is 14.0. The van der Waals surface area contributed by atoms with E-state index >= 15 is 0 Å². The van der Waals surface area contributed by atoms with Crippen molar-refractivity contribution < 1.29 is 22.8 Å². The van der Waals surface area contributed by atoms with Crippen molar-refractivity contribution in [3.8, 4) is 0 Å². The highest BCUT2D eigenvalue weighted by molar-refractivity contribution is 6.23. The molecule has 3 aromatic rings. The molecule has 2 aliphatic heterocycles. The van der Waals surface area contributed by atoms with Gasteiger partial charge in [-0.2, -0.15) is 0 Å². The first-order valence-electron chi connectivity index (χ1n) is 11.6. The summed E-state index contributed by atoms with van der Waals surface area (Å²) < 4.78 is 40.7. The summed E-state index contributed by atoms with van der Waals surface area (Å²) >= 11 is 0. The third-order valence-electron chi connectivity index (χ3n) is 6.61. The Bertz CT molecular complexity index is 1290. The van der Waals surface area contributed by atoms with Gasteiger partial charge in [0.2, 0.25) is 0 Å². The fourth-order valence-electron chi connectivity index (χ4n) is 4.75. The summed E-state index contributed by atoms with van der Waals surface area (Å²) in [6.45, 7) is 3.01. The van der Waals surface area contributed by atoms with Crippen LogP contribution in [0.5, 0.6) is 0 Å². The van der Waals surface area contributed by atoms with Crippen molar-refractivity contribution in [3.63, 3.8) is 0 Å². The van der Waals surface area contributed by atoms with Gasteiger partial charge in [0.1, 0.15) is 17.5 Å². The van der Waals surface area contributed by atoms with Crippen molar-refractivity contribution in [1.29, 1.82) is 0 Å². The number of benzene rings is 3. The molecular formula is C27H24F3N3O2. The lowest BCUT2D eigenvalue weighted by Gasteiger charge is -2.36. The summed E-state index contributed by atoms with van der Waals surface area (Å²) in [6.07, 6.45) is 0.372. The number of hydrogen-bond donors (Lipinski definition) is 0. The van der Waals surface area contributed by atoms with E-state index in [2.05, 4.69) is 9.80 Å². The molecule has 8 heteroatoms. The van der Waals surface area contributed by atoms with Crippen LogP contribution in [0.25, 0.3) is 0 Å². The van der Waals surface area contributed by atoms with E-state index < -0.39 is 11.6 Å². The van der Waals surface area contributed by atoms with Crippen LogP contribution in [0.4, 0.5) is 18.9 Å². The maximum absolute atomic E-state index is 14.0. The van der Waals surface area contributed by atoms with Crippen molar-refractivity contribution in [2.24, 2.45) is 0 Å². The number of rotatable bonds is 6. The minimum absolute atomic E-state index is 0.173. The SMILES string of the molecule is O=C1c2cccc(N3CCN(Cc4ccc(F)cc4F)CC3)c2C(=O)N1CCc1cccc(F)c1. The first kappa shape index (κ1) is 23.1. The second-order valence-electron chi connectivity index (χ2n) is 8.84. The molecule has 0 unspecified atom stereocenters. The lowest BCUT2D eigenvalue weighted by molar-refractivity contribution is 0.0656. The van der Waals surface area contributed by atoms with Crippen molar-refractivity contribution in [1.82, 2.24) is 9.80 Å². The molecule has 35 heavy (non-hydrogen) atoms. The Labute approximate surface area is 201 Å². The number of carbonyl (C=O) groups excluding carboxylic acids is 2. The highest BCUT2D eigenvalue weighted by atomic mass is 19.1. The summed E-state index contributed by atoms with van der Waals surface area (Å²) in [5.41, 5.74) is 2.64. The van der Waals surface area contributed by atoms with Crippen molar-refractivity contribution in [2.45, 2.75) is 13.0 Å². The van der Waals surface area contributed by atoms with Gasteiger partial charge < -0.3 is 4.90 Å². The Hall–Kier alpha value is -3.65. The van der Waals surface area contributed by atoms with Gasteiger partial charge in [0.25, 0.3) is 11.8 Å². The van der Waals surface area contributed by atoms with Gasteiger partial charge in [0.15, 0.2) is 0 Å². The molecule has 1 fully saturated rings. The van der Waals surface area contributed by atoms with Gasteiger partial charge in [0.05, 0.1) is 16.8 Å². The predicted octanol–water partition coefficient (Wildman–Crippen LogP) is 4.26. The van der Waals surface area contributed by atoms with Crippen molar-refractivity contribution >= 4 is 17.5 Å². The van der Waals surface area contributed by atoms with Gasteiger partial charge >= 0.3 is 0 Å². The molecule has 0 radical (unpaired) electrons. The van der Waals surface area contributed by atoms with E-state index in [4.69, 9.17) is 0 Å². The van der Waals surface area contributed by atoms with Gasteiger partial charge in [-0.15, -0.1) is 0 Å². The molecule has 0 bridgehead atoms. The topological polar surface area (TPSA) is 43.9 Å².